The molecule has 0 bridgehead atoms. The van der Waals surface area contributed by atoms with Gasteiger partial charge in [-0.25, -0.2) is 0 Å². The number of aliphatic hydroxyl groups is 1. The minimum absolute atomic E-state index is 0.350. The van der Waals surface area contributed by atoms with Gasteiger partial charge in [0.1, 0.15) is 0 Å². The fraction of sp³-hybridized carbons (Fsp3) is 0.625. The minimum Gasteiger partial charge on any atom is -0.388 e. The molecule has 2 rings (SSSR count). The molecule has 1 aromatic rings. The molecule has 0 aromatic heterocycles. The molecule has 3 unspecified atom stereocenters. The molecule has 1 aromatic carbocycles. The highest BCUT2D eigenvalue weighted by Crippen LogP contribution is 2.41. The van der Waals surface area contributed by atoms with Crippen LogP contribution >= 0.6 is 11.6 Å². The second-order valence-corrected chi connectivity index (χ2v) is 6.48. The van der Waals surface area contributed by atoms with Crippen LogP contribution in [0.3, 0.4) is 0 Å². The van der Waals surface area contributed by atoms with E-state index < -0.39 is 6.10 Å². The first kappa shape index (κ1) is 13.9. The van der Waals surface area contributed by atoms with Crippen LogP contribution in [0, 0.1) is 24.7 Å². The molecule has 1 saturated carbocycles. The predicted octanol–water partition coefficient (Wildman–Crippen LogP) is 4.75. The normalized spacial score (nSPS) is 30.2. The van der Waals surface area contributed by atoms with E-state index in [4.69, 9.17) is 11.6 Å². The quantitative estimate of drug-likeness (QED) is 0.819. The molecule has 18 heavy (non-hydrogen) atoms. The third-order valence-electron chi connectivity index (χ3n) is 4.20. The Morgan fingerprint density at radius 2 is 1.78 bits per heavy atom. The van der Waals surface area contributed by atoms with E-state index in [2.05, 4.69) is 13.8 Å². The van der Waals surface area contributed by atoms with Crippen LogP contribution < -0.4 is 0 Å². The summed E-state index contributed by atoms with van der Waals surface area (Å²) >= 11 is 6.32. The Labute approximate surface area is 115 Å². The van der Waals surface area contributed by atoms with Gasteiger partial charge in [-0.1, -0.05) is 43.6 Å². The average Bonchev–Trinajstić information content (AvgIpc) is 2.30. The zero-order valence-electron chi connectivity index (χ0n) is 11.5. The summed E-state index contributed by atoms with van der Waals surface area (Å²) in [6.45, 7) is 6.56. The summed E-state index contributed by atoms with van der Waals surface area (Å²) in [6, 6.07) is 5.93. The first-order valence-corrected chi connectivity index (χ1v) is 7.30. The Morgan fingerprint density at radius 1 is 1.17 bits per heavy atom. The van der Waals surface area contributed by atoms with Crippen LogP contribution in [0.15, 0.2) is 18.2 Å². The molecule has 1 nitrogen and oxygen atoms in total. The van der Waals surface area contributed by atoms with Crippen molar-refractivity contribution in [2.75, 3.05) is 0 Å². The monoisotopic (exact) mass is 266 g/mol. The van der Waals surface area contributed by atoms with Gasteiger partial charge in [-0.3, -0.25) is 0 Å². The van der Waals surface area contributed by atoms with Gasteiger partial charge in [0.05, 0.1) is 6.10 Å². The molecule has 1 aliphatic rings. The van der Waals surface area contributed by atoms with Gasteiger partial charge < -0.3 is 5.11 Å². The summed E-state index contributed by atoms with van der Waals surface area (Å²) in [5, 5.41) is 11.3. The average molecular weight is 267 g/mol. The van der Waals surface area contributed by atoms with Crippen LogP contribution in [0.25, 0.3) is 0 Å². The smallest absolute Gasteiger partial charge is 0.0832 e. The topological polar surface area (TPSA) is 20.2 Å². The van der Waals surface area contributed by atoms with Gasteiger partial charge in [-0.05, 0) is 55.1 Å². The Balaban J connectivity index is 2.20. The molecule has 1 fully saturated rings. The lowest BCUT2D eigenvalue weighted by atomic mass is 9.73. The maximum absolute atomic E-state index is 10.6. The third-order valence-corrected chi connectivity index (χ3v) is 4.72. The molecular formula is C16H23ClO. The molecule has 0 heterocycles. The van der Waals surface area contributed by atoms with Crippen molar-refractivity contribution in [1.29, 1.82) is 0 Å². The third kappa shape index (κ3) is 2.89. The number of aliphatic hydroxyl groups excluding tert-OH is 1. The number of hydrogen-bond acceptors (Lipinski definition) is 1. The zero-order chi connectivity index (χ0) is 13.3. The molecule has 0 radical (unpaired) electrons. The molecule has 1 N–H and O–H groups in total. The predicted molar refractivity (Wildman–Crippen MR) is 76.8 cm³/mol. The van der Waals surface area contributed by atoms with Crippen LogP contribution in [-0.4, -0.2) is 5.11 Å². The number of rotatable bonds is 2. The van der Waals surface area contributed by atoms with E-state index in [1.165, 1.54) is 6.42 Å². The highest BCUT2D eigenvalue weighted by atomic mass is 35.5. The van der Waals surface area contributed by atoms with Gasteiger partial charge in [-0.2, -0.15) is 0 Å². The van der Waals surface area contributed by atoms with Crippen molar-refractivity contribution in [3.05, 3.63) is 34.3 Å². The standard InChI is InChI=1S/C16H23ClO/c1-10-7-11(2)9-13(8-10)16(18)14-6-4-5-12(3)15(14)17/h4-6,10-11,13,16,18H,7-9H2,1-3H3. The summed E-state index contributed by atoms with van der Waals surface area (Å²) < 4.78 is 0. The molecule has 100 valence electrons. The summed E-state index contributed by atoms with van der Waals surface area (Å²) in [5.41, 5.74) is 1.95. The number of hydrogen-bond donors (Lipinski definition) is 1. The van der Waals surface area contributed by atoms with Crippen LogP contribution in [0.4, 0.5) is 0 Å². The first-order chi connectivity index (χ1) is 8.49. The van der Waals surface area contributed by atoms with E-state index in [1.807, 2.05) is 25.1 Å². The first-order valence-electron chi connectivity index (χ1n) is 6.92. The number of halogens is 1. The van der Waals surface area contributed by atoms with E-state index in [0.29, 0.717) is 17.8 Å². The molecule has 0 spiro atoms. The van der Waals surface area contributed by atoms with Crippen molar-refractivity contribution in [2.45, 2.75) is 46.1 Å². The van der Waals surface area contributed by atoms with Gasteiger partial charge in [0.15, 0.2) is 0 Å². The van der Waals surface area contributed by atoms with Crippen LogP contribution in [0.1, 0.15) is 50.3 Å². The van der Waals surface area contributed by atoms with E-state index in [-0.39, 0.29) is 0 Å². The Bertz CT molecular complexity index is 406. The van der Waals surface area contributed by atoms with Crippen molar-refractivity contribution in [3.63, 3.8) is 0 Å². The van der Waals surface area contributed by atoms with Crippen LogP contribution in [-0.2, 0) is 0 Å². The highest BCUT2D eigenvalue weighted by Gasteiger charge is 2.30. The summed E-state index contributed by atoms with van der Waals surface area (Å²) in [7, 11) is 0. The lowest BCUT2D eigenvalue weighted by molar-refractivity contribution is 0.0552. The summed E-state index contributed by atoms with van der Waals surface area (Å²) in [5.74, 6) is 1.76. The minimum atomic E-state index is -0.414. The Kier molecular flexibility index (Phi) is 4.34. The van der Waals surface area contributed by atoms with E-state index in [1.54, 1.807) is 0 Å². The second kappa shape index (κ2) is 5.63. The molecule has 2 heteroatoms. The molecule has 1 aliphatic carbocycles. The van der Waals surface area contributed by atoms with Crippen molar-refractivity contribution < 1.29 is 5.11 Å². The van der Waals surface area contributed by atoms with Gasteiger partial charge >= 0.3 is 0 Å². The van der Waals surface area contributed by atoms with Crippen LogP contribution in [0.2, 0.25) is 5.02 Å². The highest BCUT2D eigenvalue weighted by molar-refractivity contribution is 6.32. The van der Waals surface area contributed by atoms with Crippen molar-refractivity contribution in [2.24, 2.45) is 17.8 Å². The molecule has 0 aliphatic heterocycles. The second-order valence-electron chi connectivity index (χ2n) is 6.10. The Morgan fingerprint density at radius 3 is 2.39 bits per heavy atom. The molecule has 3 atom stereocenters. The van der Waals surface area contributed by atoms with E-state index in [0.717, 1.165) is 29.0 Å². The van der Waals surface area contributed by atoms with Crippen molar-refractivity contribution in [1.82, 2.24) is 0 Å². The zero-order valence-corrected chi connectivity index (χ0v) is 12.2. The summed E-state index contributed by atoms with van der Waals surface area (Å²) in [6.07, 6.45) is 3.08. The molecule has 0 saturated heterocycles. The maximum atomic E-state index is 10.6. The van der Waals surface area contributed by atoms with Gasteiger partial charge in [0, 0.05) is 5.02 Å². The van der Waals surface area contributed by atoms with Crippen molar-refractivity contribution >= 4 is 11.6 Å². The van der Waals surface area contributed by atoms with Gasteiger partial charge in [-0.15, -0.1) is 0 Å². The fourth-order valence-electron chi connectivity index (χ4n) is 3.42. The van der Waals surface area contributed by atoms with Gasteiger partial charge in [0.25, 0.3) is 0 Å². The van der Waals surface area contributed by atoms with E-state index in [9.17, 15) is 5.11 Å². The lowest BCUT2D eigenvalue weighted by Crippen LogP contribution is -2.24. The van der Waals surface area contributed by atoms with Crippen LogP contribution in [0.5, 0.6) is 0 Å². The number of benzene rings is 1. The largest absolute Gasteiger partial charge is 0.388 e. The Hall–Kier alpha value is -0.530. The van der Waals surface area contributed by atoms with E-state index >= 15 is 0 Å². The van der Waals surface area contributed by atoms with Gasteiger partial charge in [0.2, 0.25) is 0 Å². The molecule has 0 amide bonds. The number of aryl methyl sites for hydroxylation is 1. The maximum Gasteiger partial charge on any atom is 0.0832 e. The SMILES string of the molecule is Cc1cccc(C(O)C2CC(C)CC(C)C2)c1Cl. The lowest BCUT2D eigenvalue weighted by Gasteiger charge is -2.34. The fourth-order valence-corrected chi connectivity index (χ4v) is 3.66. The summed E-state index contributed by atoms with van der Waals surface area (Å²) in [4.78, 5) is 0. The molecular weight excluding hydrogens is 244 g/mol. The van der Waals surface area contributed by atoms with Crippen molar-refractivity contribution in [3.8, 4) is 0 Å².